The fourth-order valence-corrected chi connectivity index (χ4v) is 1.88. The molecule has 0 aromatic carbocycles. The molecule has 0 saturated heterocycles. The summed E-state index contributed by atoms with van der Waals surface area (Å²) in [7, 11) is 1.28. The second kappa shape index (κ2) is 5.17. The SMILES string of the molecule is COC(=O)NC1C(O)CCCC1CO. The van der Waals surface area contributed by atoms with Crippen molar-refractivity contribution < 1.29 is 19.7 Å². The van der Waals surface area contributed by atoms with Crippen LogP contribution in [-0.2, 0) is 4.74 Å². The number of alkyl carbamates (subject to hydrolysis) is 1. The van der Waals surface area contributed by atoms with Crippen LogP contribution in [0, 0.1) is 5.92 Å². The first-order valence-electron chi connectivity index (χ1n) is 4.82. The first-order chi connectivity index (χ1) is 6.69. The number of hydrogen-bond acceptors (Lipinski definition) is 4. The topological polar surface area (TPSA) is 78.8 Å². The summed E-state index contributed by atoms with van der Waals surface area (Å²) >= 11 is 0. The molecule has 0 spiro atoms. The number of rotatable bonds is 2. The average Bonchev–Trinajstić information content (AvgIpc) is 2.20. The summed E-state index contributed by atoms with van der Waals surface area (Å²) < 4.78 is 4.45. The van der Waals surface area contributed by atoms with Crippen molar-refractivity contribution in [3.05, 3.63) is 0 Å². The average molecular weight is 203 g/mol. The fourth-order valence-electron chi connectivity index (χ4n) is 1.88. The lowest BCUT2D eigenvalue weighted by atomic mass is 9.83. The Morgan fingerprint density at radius 3 is 2.86 bits per heavy atom. The quantitative estimate of drug-likeness (QED) is 0.584. The second-order valence-electron chi connectivity index (χ2n) is 3.60. The number of carbonyl (C=O) groups excluding carboxylic acids is 1. The molecule has 1 rings (SSSR count). The summed E-state index contributed by atoms with van der Waals surface area (Å²) in [6.07, 6.45) is 1.22. The first kappa shape index (κ1) is 11.3. The van der Waals surface area contributed by atoms with Crippen LogP contribution < -0.4 is 5.32 Å². The van der Waals surface area contributed by atoms with Crippen molar-refractivity contribution in [3.63, 3.8) is 0 Å². The first-order valence-corrected chi connectivity index (χ1v) is 4.82. The van der Waals surface area contributed by atoms with Crippen LogP contribution >= 0.6 is 0 Å². The summed E-state index contributed by atoms with van der Waals surface area (Å²) in [5.74, 6) is -0.0714. The number of ether oxygens (including phenoxy) is 1. The predicted octanol–water partition coefficient (Wildman–Crippen LogP) is -0.136. The van der Waals surface area contributed by atoms with E-state index >= 15 is 0 Å². The highest BCUT2D eigenvalue weighted by atomic mass is 16.5. The summed E-state index contributed by atoms with van der Waals surface area (Å²) in [4.78, 5) is 11.0. The lowest BCUT2D eigenvalue weighted by Crippen LogP contribution is -2.51. The van der Waals surface area contributed by atoms with Gasteiger partial charge in [0.2, 0.25) is 0 Å². The van der Waals surface area contributed by atoms with E-state index < -0.39 is 12.2 Å². The van der Waals surface area contributed by atoms with Gasteiger partial charge in [0, 0.05) is 12.5 Å². The van der Waals surface area contributed by atoms with Crippen LogP contribution in [0.25, 0.3) is 0 Å². The standard InChI is InChI=1S/C9H17NO4/c1-14-9(13)10-8-6(5-11)3-2-4-7(8)12/h6-8,11-12H,2-5H2,1H3,(H,10,13). The summed E-state index contributed by atoms with van der Waals surface area (Å²) in [6.45, 7) is -0.0221. The van der Waals surface area contributed by atoms with Gasteiger partial charge in [0.25, 0.3) is 0 Å². The van der Waals surface area contributed by atoms with Crippen molar-refractivity contribution in [3.8, 4) is 0 Å². The maximum absolute atomic E-state index is 11.0. The van der Waals surface area contributed by atoms with Crippen LogP contribution in [0.5, 0.6) is 0 Å². The molecule has 0 aliphatic heterocycles. The Morgan fingerprint density at radius 1 is 1.57 bits per heavy atom. The normalized spacial score (nSPS) is 32.4. The van der Waals surface area contributed by atoms with Crippen LogP contribution in [0.4, 0.5) is 4.79 Å². The summed E-state index contributed by atoms with van der Waals surface area (Å²) in [5.41, 5.74) is 0. The summed E-state index contributed by atoms with van der Waals surface area (Å²) in [6, 6.07) is -0.388. The molecular formula is C9H17NO4. The van der Waals surface area contributed by atoms with E-state index in [4.69, 9.17) is 5.11 Å². The predicted molar refractivity (Wildman–Crippen MR) is 49.8 cm³/mol. The van der Waals surface area contributed by atoms with Crippen molar-refractivity contribution >= 4 is 6.09 Å². The van der Waals surface area contributed by atoms with E-state index in [0.717, 1.165) is 12.8 Å². The Bertz CT molecular complexity index is 197. The van der Waals surface area contributed by atoms with Gasteiger partial charge in [0.1, 0.15) is 0 Å². The third-order valence-electron chi connectivity index (χ3n) is 2.70. The lowest BCUT2D eigenvalue weighted by Gasteiger charge is -2.34. The van der Waals surface area contributed by atoms with Crippen LogP contribution in [-0.4, -0.2) is 42.2 Å². The van der Waals surface area contributed by atoms with Crippen LogP contribution in [0.15, 0.2) is 0 Å². The smallest absolute Gasteiger partial charge is 0.407 e. The molecule has 14 heavy (non-hydrogen) atoms. The Hall–Kier alpha value is -0.810. The maximum Gasteiger partial charge on any atom is 0.407 e. The van der Waals surface area contributed by atoms with E-state index in [-0.39, 0.29) is 18.6 Å². The van der Waals surface area contributed by atoms with E-state index in [1.807, 2.05) is 0 Å². The van der Waals surface area contributed by atoms with Crippen LogP contribution in [0.2, 0.25) is 0 Å². The second-order valence-corrected chi connectivity index (χ2v) is 3.60. The Kier molecular flexibility index (Phi) is 4.16. The van der Waals surface area contributed by atoms with E-state index in [1.54, 1.807) is 0 Å². The molecule has 0 bridgehead atoms. The molecule has 5 nitrogen and oxygen atoms in total. The molecule has 1 fully saturated rings. The van der Waals surface area contributed by atoms with Crippen LogP contribution in [0.1, 0.15) is 19.3 Å². The van der Waals surface area contributed by atoms with Gasteiger partial charge in [0.05, 0.1) is 19.3 Å². The van der Waals surface area contributed by atoms with Gasteiger partial charge in [-0.15, -0.1) is 0 Å². The fraction of sp³-hybridized carbons (Fsp3) is 0.889. The zero-order chi connectivity index (χ0) is 10.6. The zero-order valence-electron chi connectivity index (χ0n) is 8.27. The molecule has 82 valence electrons. The molecule has 0 heterocycles. The molecule has 3 N–H and O–H groups in total. The number of aliphatic hydroxyl groups is 2. The Balaban J connectivity index is 2.54. The third-order valence-corrected chi connectivity index (χ3v) is 2.70. The summed E-state index contributed by atoms with van der Waals surface area (Å²) in [5, 5.41) is 21.2. The largest absolute Gasteiger partial charge is 0.453 e. The van der Waals surface area contributed by atoms with E-state index in [2.05, 4.69) is 10.1 Å². The van der Waals surface area contributed by atoms with Gasteiger partial charge >= 0.3 is 6.09 Å². The van der Waals surface area contributed by atoms with Gasteiger partial charge in [-0.1, -0.05) is 6.42 Å². The van der Waals surface area contributed by atoms with E-state index in [9.17, 15) is 9.90 Å². The van der Waals surface area contributed by atoms with Crippen molar-refractivity contribution in [2.45, 2.75) is 31.4 Å². The molecule has 5 heteroatoms. The third kappa shape index (κ3) is 2.59. The highest BCUT2D eigenvalue weighted by Gasteiger charge is 2.32. The minimum Gasteiger partial charge on any atom is -0.453 e. The lowest BCUT2D eigenvalue weighted by molar-refractivity contribution is 0.0341. The van der Waals surface area contributed by atoms with E-state index in [0.29, 0.717) is 6.42 Å². The molecule has 1 amide bonds. The molecule has 0 aromatic heterocycles. The van der Waals surface area contributed by atoms with Gasteiger partial charge in [-0.05, 0) is 12.8 Å². The Morgan fingerprint density at radius 2 is 2.29 bits per heavy atom. The highest BCUT2D eigenvalue weighted by Crippen LogP contribution is 2.24. The van der Waals surface area contributed by atoms with Crippen molar-refractivity contribution in [2.75, 3.05) is 13.7 Å². The maximum atomic E-state index is 11.0. The Labute approximate surface area is 83.1 Å². The minimum absolute atomic E-state index is 0.0221. The molecule has 1 aliphatic carbocycles. The van der Waals surface area contributed by atoms with E-state index in [1.165, 1.54) is 7.11 Å². The van der Waals surface area contributed by atoms with Crippen LogP contribution in [0.3, 0.4) is 0 Å². The molecule has 0 aromatic rings. The van der Waals surface area contributed by atoms with Crippen molar-refractivity contribution in [1.29, 1.82) is 0 Å². The van der Waals surface area contributed by atoms with Crippen molar-refractivity contribution in [2.24, 2.45) is 5.92 Å². The van der Waals surface area contributed by atoms with Gasteiger partial charge < -0.3 is 20.3 Å². The number of carbonyl (C=O) groups is 1. The zero-order valence-corrected chi connectivity index (χ0v) is 8.27. The number of amides is 1. The van der Waals surface area contributed by atoms with Gasteiger partial charge in [-0.3, -0.25) is 0 Å². The monoisotopic (exact) mass is 203 g/mol. The van der Waals surface area contributed by atoms with Crippen molar-refractivity contribution in [1.82, 2.24) is 5.32 Å². The molecule has 3 unspecified atom stereocenters. The number of nitrogens with one attached hydrogen (secondary N) is 1. The molecular weight excluding hydrogens is 186 g/mol. The molecule has 0 radical (unpaired) electrons. The number of hydrogen-bond donors (Lipinski definition) is 3. The molecule has 1 aliphatic rings. The highest BCUT2D eigenvalue weighted by molar-refractivity contribution is 5.67. The molecule has 1 saturated carbocycles. The minimum atomic E-state index is -0.583. The van der Waals surface area contributed by atoms with Gasteiger partial charge in [-0.25, -0.2) is 4.79 Å². The number of methoxy groups -OCH3 is 1. The molecule has 3 atom stereocenters. The van der Waals surface area contributed by atoms with Gasteiger partial charge in [0.15, 0.2) is 0 Å². The number of aliphatic hydroxyl groups excluding tert-OH is 2. The van der Waals surface area contributed by atoms with Gasteiger partial charge in [-0.2, -0.15) is 0 Å².